The van der Waals surface area contributed by atoms with Crippen molar-refractivity contribution < 1.29 is 0 Å². The highest BCUT2D eigenvalue weighted by Crippen LogP contribution is 2.56. The molecular formula is C70H51N3. The molecule has 0 amide bonds. The van der Waals surface area contributed by atoms with Gasteiger partial charge in [0.15, 0.2) is 0 Å². The minimum absolute atomic E-state index is 0.0217. The Labute approximate surface area is 423 Å². The summed E-state index contributed by atoms with van der Waals surface area (Å²) < 4.78 is 5.40. The summed E-state index contributed by atoms with van der Waals surface area (Å²) >= 11 is 0. The average molecular weight is 934 g/mol. The summed E-state index contributed by atoms with van der Waals surface area (Å²) in [6.07, 6.45) is 11.8. The van der Waals surface area contributed by atoms with Crippen molar-refractivity contribution in [1.29, 1.82) is 0 Å². The van der Waals surface area contributed by atoms with E-state index in [0.29, 0.717) is 0 Å². The Hall–Kier alpha value is -8.27. The van der Waals surface area contributed by atoms with Gasteiger partial charge in [0, 0.05) is 54.9 Å². The molecule has 73 heavy (non-hydrogen) atoms. The predicted molar refractivity (Wildman–Crippen MR) is 304 cm³/mol. The van der Waals surface area contributed by atoms with E-state index in [1.165, 1.54) is 163 Å². The Morgan fingerprint density at radius 3 is 1.67 bits per heavy atom. The van der Waals surface area contributed by atoms with Crippen LogP contribution in [-0.4, -0.2) is 13.8 Å². The van der Waals surface area contributed by atoms with Crippen LogP contribution in [0.5, 0.6) is 0 Å². The molecule has 0 saturated heterocycles. The van der Waals surface area contributed by atoms with Crippen LogP contribution in [0.4, 0.5) is 0 Å². The van der Waals surface area contributed by atoms with Crippen LogP contribution in [0.2, 0.25) is 0 Å². The second-order valence-electron chi connectivity index (χ2n) is 21.7. The van der Waals surface area contributed by atoms with Gasteiger partial charge in [-0.2, -0.15) is 0 Å². The molecule has 5 aromatic heterocycles. The van der Waals surface area contributed by atoms with Gasteiger partial charge in [-0.3, -0.25) is 4.98 Å². The van der Waals surface area contributed by atoms with Gasteiger partial charge in [-0.25, -0.2) is 0 Å². The number of pyridine rings is 1. The molecule has 14 aromatic rings. The van der Waals surface area contributed by atoms with Crippen LogP contribution in [0.1, 0.15) is 94.6 Å². The van der Waals surface area contributed by atoms with Crippen molar-refractivity contribution in [2.75, 3.05) is 0 Å². The first-order valence-corrected chi connectivity index (χ1v) is 26.9. The van der Waals surface area contributed by atoms with E-state index in [0.717, 1.165) is 25.7 Å². The SMILES string of the molecule is CC1c2ccccc2C(c2ccccc2)c2c1ncc1c2c2c(-c3ccccc3)cc(-c3ccccc3)c3c4cc5c(cc4n1c32)c1c2c(cc3c4c6c(c(-c7ccccc7)cc4n5c31)CCCC6)CCCC2. The van der Waals surface area contributed by atoms with Crippen LogP contribution in [0.15, 0.2) is 182 Å². The van der Waals surface area contributed by atoms with E-state index in [4.69, 9.17) is 4.98 Å². The van der Waals surface area contributed by atoms with Crippen molar-refractivity contribution >= 4 is 76.2 Å². The van der Waals surface area contributed by atoms with Crippen molar-refractivity contribution in [2.24, 2.45) is 0 Å². The molecular weight excluding hydrogens is 883 g/mol. The molecule has 0 saturated carbocycles. The molecule has 0 spiro atoms. The molecule has 2 atom stereocenters. The first-order chi connectivity index (χ1) is 36.2. The molecule has 346 valence electrons. The van der Waals surface area contributed by atoms with Crippen LogP contribution in [0, 0.1) is 0 Å². The molecule has 3 heteroatoms. The molecule has 5 heterocycles. The Morgan fingerprint density at radius 2 is 0.973 bits per heavy atom. The molecule has 3 aliphatic carbocycles. The fourth-order valence-electron chi connectivity index (χ4n) is 15.1. The lowest BCUT2D eigenvalue weighted by Gasteiger charge is -2.33. The van der Waals surface area contributed by atoms with Gasteiger partial charge in [0.2, 0.25) is 0 Å². The lowest BCUT2D eigenvalue weighted by Crippen LogP contribution is -2.19. The first kappa shape index (κ1) is 40.3. The van der Waals surface area contributed by atoms with E-state index in [-0.39, 0.29) is 11.8 Å². The largest absolute Gasteiger partial charge is 0.308 e. The highest BCUT2D eigenvalue weighted by Gasteiger charge is 2.37. The van der Waals surface area contributed by atoms with Gasteiger partial charge in [-0.1, -0.05) is 153 Å². The fourth-order valence-corrected chi connectivity index (χ4v) is 15.1. The second kappa shape index (κ2) is 14.9. The van der Waals surface area contributed by atoms with Gasteiger partial charge < -0.3 is 8.80 Å². The number of aryl methyl sites for hydroxylation is 3. The maximum Gasteiger partial charge on any atom is 0.0728 e. The Morgan fingerprint density at radius 1 is 0.411 bits per heavy atom. The maximum absolute atomic E-state index is 5.65. The number of fused-ring (bicyclic) bond motifs is 19. The highest BCUT2D eigenvalue weighted by atomic mass is 14.9. The third kappa shape index (κ3) is 5.32. The summed E-state index contributed by atoms with van der Waals surface area (Å²) in [7, 11) is 0. The van der Waals surface area contributed by atoms with E-state index < -0.39 is 0 Å². The lowest BCUT2D eigenvalue weighted by molar-refractivity contribution is 0.690. The van der Waals surface area contributed by atoms with E-state index in [1.807, 2.05) is 0 Å². The quantitative estimate of drug-likeness (QED) is 0.172. The van der Waals surface area contributed by atoms with Crippen molar-refractivity contribution in [3.63, 3.8) is 0 Å². The van der Waals surface area contributed by atoms with Crippen molar-refractivity contribution in [1.82, 2.24) is 13.8 Å². The average Bonchev–Trinajstić information content (AvgIpc) is 4.27. The number of hydrogen-bond acceptors (Lipinski definition) is 1. The minimum Gasteiger partial charge on any atom is -0.308 e. The Bertz CT molecular complexity index is 4600. The number of benzene rings is 9. The monoisotopic (exact) mass is 933 g/mol. The standard InChI is InChI=1S/C70H51N3/c1-40-46-29-16-18-32-49(46)61(44-26-12-5-13-27-44)67-66-60(39-71-68(40)67)73-58-37-54-57(38-55(58)64-52(42-22-8-3-9-23-42)35-53(65(66)70(64)73)43-24-10-4-11-25-43)72-59-36-51(41-20-6-2-7-21-41)48-31-17-19-33-50(48)62(59)56-34-45-28-14-15-30-47(45)63(54)69(56)72/h2-13,16,18,20-27,29,32,34-40,61H,14-15,17,19,28,30-31,33H2,1H3. The Kier molecular flexibility index (Phi) is 8.23. The third-order valence-corrected chi connectivity index (χ3v) is 18.1. The molecule has 2 unspecified atom stereocenters. The van der Waals surface area contributed by atoms with E-state index >= 15 is 0 Å². The van der Waals surface area contributed by atoms with Gasteiger partial charge in [0.25, 0.3) is 0 Å². The topological polar surface area (TPSA) is 21.7 Å². The molecule has 0 bridgehead atoms. The number of aromatic nitrogens is 3. The van der Waals surface area contributed by atoms with Crippen molar-refractivity contribution in [3.05, 3.63) is 232 Å². The number of hydrogen-bond donors (Lipinski definition) is 0. The zero-order valence-corrected chi connectivity index (χ0v) is 41.0. The molecule has 0 N–H and O–H groups in total. The minimum atomic E-state index is 0.0217. The maximum atomic E-state index is 5.65. The van der Waals surface area contributed by atoms with E-state index in [2.05, 4.69) is 198 Å². The van der Waals surface area contributed by atoms with Crippen LogP contribution < -0.4 is 0 Å². The summed E-state index contributed by atoms with van der Waals surface area (Å²) in [5.74, 6) is 0.161. The van der Waals surface area contributed by atoms with E-state index in [1.54, 1.807) is 22.3 Å². The van der Waals surface area contributed by atoms with Crippen molar-refractivity contribution in [2.45, 2.75) is 70.1 Å². The van der Waals surface area contributed by atoms with Crippen molar-refractivity contribution in [3.8, 4) is 33.4 Å². The lowest BCUT2D eigenvalue weighted by atomic mass is 9.71. The summed E-state index contributed by atoms with van der Waals surface area (Å²) in [6, 6.07) is 67.1. The van der Waals surface area contributed by atoms with Crippen LogP contribution >= 0.6 is 0 Å². The van der Waals surface area contributed by atoms with Crippen LogP contribution in [-0.2, 0) is 25.7 Å². The first-order valence-electron chi connectivity index (χ1n) is 26.9. The number of rotatable bonds is 4. The fraction of sp³-hybridized carbons (Fsp3) is 0.157. The second-order valence-corrected chi connectivity index (χ2v) is 21.7. The summed E-state index contributed by atoms with van der Waals surface area (Å²) in [5, 5.41) is 11.1. The molecule has 3 nitrogen and oxygen atoms in total. The summed E-state index contributed by atoms with van der Waals surface area (Å²) in [6.45, 7) is 2.37. The van der Waals surface area contributed by atoms with Gasteiger partial charge in [0.05, 0.1) is 45.0 Å². The third-order valence-electron chi connectivity index (χ3n) is 18.1. The molecule has 0 fully saturated rings. The van der Waals surface area contributed by atoms with Crippen LogP contribution in [0.3, 0.4) is 0 Å². The predicted octanol–water partition coefficient (Wildman–Crippen LogP) is 17.8. The van der Waals surface area contributed by atoms with Gasteiger partial charge in [-0.15, -0.1) is 0 Å². The number of nitrogens with zero attached hydrogens (tertiary/aromatic N) is 3. The summed E-state index contributed by atoms with van der Waals surface area (Å²) in [5.41, 5.74) is 28.5. The zero-order valence-electron chi connectivity index (χ0n) is 41.0. The van der Waals surface area contributed by atoms with E-state index in [9.17, 15) is 0 Å². The molecule has 0 aliphatic heterocycles. The van der Waals surface area contributed by atoms with Crippen LogP contribution in [0.25, 0.3) is 110 Å². The summed E-state index contributed by atoms with van der Waals surface area (Å²) in [4.78, 5) is 5.65. The molecule has 9 aromatic carbocycles. The Balaban J connectivity index is 1.10. The molecule has 17 rings (SSSR count). The normalized spacial score (nSPS) is 16.7. The molecule has 0 radical (unpaired) electrons. The van der Waals surface area contributed by atoms with Gasteiger partial charge in [0.1, 0.15) is 0 Å². The highest BCUT2D eigenvalue weighted by molar-refractivity contribution is 6.34. The van der Waals surface area contributed by atoms with Gasteiger partial charge in [-0.05, 0) is 160 Å². The molecule has 3 aliphatic rings. The van der Waals surface area contributed by atoms with Gasteiger partial charge >= 0.3 is 0 Å². The zero-order chi connectivity index (χ0) is 47.6. The smallest absolute Gasteiger partial charge is 0.0728 e.